The maximum absolute atomic E-state index is 13.1. The molecule has 0 spiro atoms. The maximum atomic E-state index is 13.1. The van der Waals surface area contributed by atoms with Gasteiger partial charge in [-0.3, -0.25) is 9.69 Å². The summed E-state index contributed by atoms with van der Waals surface area (Å²) in [4.78, 5) is 13.0. The molecule has 0 saturated carbocycles. The van der Waals surface area contributed by atoms with Crippen LogP contribution in [0.4, 0.5) is 13.2 Å². The number of carbonyl (C=O) groups is 1. The van der Waals surface area contributed by atoms with Crippen LogP contribution in [-0.2, 0) is 11.0 Å². The molecular formula is C17H19F3N4O2. The molecule has 6 nitrogen and oxygen atoms in total. The van der Waals surface area contributed by atoms with Gasteiger partial charge in [0.1, 0.15) is 5.84 Å². The predicted octanol–water partition coefficient (Wildman–Crippen LogP) is 1.40. The van der Waals surface area contributed by atoms with Gasteiger partial charge >= 0.3 is 6.18 Å². The molecule has 0 bridgehead atoms. The fourth-order valence-corrected chi connectivity index (χ4v) is 3.03. The molecule has 1 aromatic rings. The number of hydrazone groups is 1. The highest BCUT2D eigenvalue weighted by Gasteiger charge is 2.35. The van der Waals surface area contributed by atoms with Crippen LogP contribution >= 0.6 is 0 Å². The Balaban J connectivity index is 1.64. The molecule has 0 fully saturated rings. The van der Waals surface area contributed by atoms with E-state index in [0.29, 0.717) is 25.3 Å². The molecule has 1 aromatic carbocycles. The summed E-state index contributed by atoms with van der Waals surface area (Å²) in [6, 6.07) is 5.09. The zero-order chi connectivity index (χ0) is 18.7. The lowest BCUT2D eigenvalue weighted by molar-refractivity contribution is -0.139. The van der Waals surface area contributed by atoms with E-state index in [4.69, 9.17) is 0 Å². The summed E-state index contributed by atoms with van der Waals surface area (Å²) in [5.41, 5.74) is 2.41. The number of rotatable bonds is 4. The molecule has 0 saturated heterocycles. The molecule has 2 heterocycles. The van der Waals surface area contributed by atoms with E-state index in [1.54, 1.807) is 0 Å². The van der Waals surface area contributed by atoms with E-state index in [2.05, 4.69) is 15.8 Å². The zero-order valence-electron chi connectivity index (χ0n) is 13.9. The molecule has 3 rings (SSSR count). The summed E-state index contributed by atoms with van der Waals surface area (Å²) in [6.45, 7) is 1.32. The Kier molecular flexibility index (Phi) is 5.28. The Hall–Kier alpha value is -2.39. The van der Waals surface area contributed by atoms with Crippen molar-refractivity contribution < 1.29 is 23.1 Å². The second-order valence-electron chi connectivity index (χ2n) is 6.19. The van der Waals surface area contributed by atoms with Gasteiger partial charge in [-0.2, -0.15) is 18.3 Å². The first-order chi connectivity index (χ1) is 12.3. The highest BCUT2D eigenvalue weighted by molar-refractivity contribution is 6.02. The van der Waals surface area contributed by atoms with Gasteiger partial charge in [0.05, 0.1) is 18.2 Å². The molecule has 1 amide bonds. The van der Waals surface area contributed by atoms with E-state index in [-0.39, 0.29) is 24.6 Å². The molecule has 1 unspecified atom stereocenters. The van der Waals surface area contributed by atoms with E-state index >= 15 is 0 Å². The number of β-amino-alcohol motifs (C(OH)–C–C–N with tert-alkyl or cyclic N) is 1. The highest BCUT2D eigenvalue weighted by atomic mass is 19.4. The van der Waals surface area contributed by atoms with Crippen LogP contribution in [0.3, 0.4) is 0 Å². The predicted molar refractivity (Wildman–Crippen MR) is 89.1 cm³/mol. The number of amidine groups is 1. The van der Waals surface area contributed by atoms with Gasteiger partial charge in [-0.1, -0.05) is 24.3 Å². The third kappa shape index (κ3) is 4.23. The number of benzene rings is 1. The van der Waals surface area contributed by atoms with Crippen LogP contribution in [0.2, 0.25) is 0 Å². The van der Waals surface area contributed by atoms with Gasteiger partial charge in [0.2, 0.25) is 0 Å². The summed E-state index contributed by atoms with van der Waals surface area (Å²) in [5.74, 6) is 0.394. The van der Waals surface area contributed by atoms with Gasteiger partial charge in [-0.15, -0.1) is 0 Å². The average Bonchev–Trinajstić information content (AvgIpc) is 2.62. The number of aliphatic hydroxyl groups excluding tert-OH is 1. The Bertz CT molecular complexity index is 746. The summed E-state index contributed by atoms with van der Waals surface area (Å²) in [5, 5.41) is 17.2. The van der Waals surface area contributed by atoms with E-state index < -0.39 is 17.8 Å². The lowest BCUT2D eigenvalue weighted by Gasteiger charge is -2.30. The smallest absolute Gasteiger partial charge is 0.387 e. The molecular weight excluding hydrogens is 349 g/mol. The lowest BCUT2D eigenvalue weighted by Crippen LogP contribution is -2.44. The molecule has 1 atom stereocenters. The van der Waals surface area contributed by atoms with Gasteiger partial charge in [0.15, 0.2) is 0 Å². The van der Waals surface area contributed by atoms with Crippen LogP contribution in [0.25, 0.3) is 0 Å². The maximum Gasteiger partial charge on any atom is 0.416 e. The normalized spacial score (nSPS) is 19.9. The minimum absolute atomic E-state index is 0.105. The molecule has 26 heavy (non-hydrogen) atoms. The lowest BCUT2D eigenvalue weighted by atomic mass is 10.0. The van der Waals surface area contributed by atoms with Crippen LogP contribution in [-0.4, -0.2) is 47.9 Å². The van der Waals surface area contributed by atoms with Crippen molar-refractivity contribution >= 4 is 11.7 Å². The Morgan fingerprint density at radius 1 is 1.31 bits per heavy atom. The van der Waals surface area contributed by atoms with Crippen molar-refractivity contribution in [3.63, 3.8) is 0 Å². The van der Waals surface area contributed by atoms with Gasteiger partial charge < -0.3 is 10.4 Å². The molecule has 2 aliphatic heterocycles. The van der Waals surface area contributed by atoms with Crippen molar-refractivity contribution in [2.45, 2.75) is 18.7 Å². The van der Waals surface area contributed by atoms with Gasteiger partial charge in [-0.05, 0) is 23.6 Å². The quantitative estimate of drug-likeness (QED) is 0.751. The van der Waals surface area contributed by atoms with Crippen molar-refractivity contribution in [3.8, 4) is 0 Å². The number of amides is 1. The standard InChI is InChI=1S/C17H19F3N4O2/c18-17(19,20)13-4-2-1-3-12(13)14(25)10-24-7-5-11(6-8-24)16-21-9-15(26)22-23-16/h1-5,14,25H,6-10H2,(H,21,23)(H,22,26). The summed E-state index contributed by atoms with van der Waals surface area (Å²) in [6.07, 6.45) is -3.21. The Morgan fingerprint density at radius 2 is 2.08 bits per heavy atom. The summed E-state index contributed by atoms with van der Waals surface area (Å²) >= 11 is 0. The fraction of sp³-hybridized carbons (Fsp3) is 0.412. The SMILES string of the molecule is O=C1CNC(C2=CCN(CC(O)c3ccccc3C(F)(F)F)CC2)=NN1. The van der Waals surface area contributed by atoms with E-state index in [9.17, 15) is 23.1 Å². The van der Waals surface area contributed by atoms with Gasteiger partial charge in [-0.25, -0.2) is 5.43 Å². The highest BCUT2D eigenvalue weighted by Crippen LogP contribution is 2.34. The van der Waals surface area contributed by atoms with Crippen LogP contribution in [0, 0.1) is 0 Å². The van der Waals surface area contributed by atoms with Crippen LogP contribution in [0.1, 0.15) is 23.7 Å². The summed E-state index contributed by atoms with van der Waals surface area (Å²) < 4.78 is 39.3. The Labute approximate surface area is 148 Å². The van der Waals surface area contributed by atoms with E-state index in [1.165, 1.54) is 18.2 Å². The Morgan fingerprint density at radius 3 is 2.69 bits per heavy atom. The first kappa shape index (κ1) is 18.4. The van der Waals surface area contributed by atoms with Crippen LogP contribution in [0.15, 0.2) is 41.0 Å². The number of aliphatic hydroxyl groups is 1. The van der Waals surface area contributed by atoms with E-state index in [0.717, 1.165) is 11.6 Å². The molecule has 2 aliphatic rings. The van der Waals surface area contributed by atoms with Crippen molar-refractivity contribution in [1.29, 1.82) is 0 Å². The number of nitrogens with one attached hydrogen (secondary N) is 2. The number of hydrogen-bond acceptors (Lipinski definition) is 5. The third-order valence-corrected chi connectivity index (χ3v) is 4.36. The average molecular weight is 368 g/mol. The molecule has 0 aromatic heterocycles. The van der Waals surface area contributed by atoms with Crippen molar-refractivity contribution in [3.05, 3.63) is 47.0 Å². The first-order valence-corrected chi connectivity index (χ1v) is 8.21. The van der Waals surface area contributed by atoms with Crippen molar-refractivity contribution in [2.75, 3.05) is 26.2 Å². The fourth-order valence-electron chi connectivity index (χ4n) is 3.03. The van der Waals surface area contributed by atoms with Crippen molar-refractivity contribution in [2.24, 2.45) is 5.10 Å². The molecule has 3 N–H and O–H groups in total. The second-order valence-corrected chi connectivity index (χ2v) is 6.19. The van der Waals surface area contributed by atoms with Gasteiger partial charge in [0.25, 0.3) is 5.91 Å². The molecule has 9 heteroatoms. The number of carbonyl (C=O) groups excluding carboxylic acids is 1. The number of hydrogen-bond donors (Lipinski definition) is 3. The van der Waals surface area contributed by atoms with Crippen molar-refractivity contribution in [1.82, 2.24) is 15.6 Å². The second kappa shape index (κ2) is 7.46. The minimum Gasteiger partial charge on any atom is -0.387 e. The van der Waals surface area contributed by atoms with Gasteiger partial charge in [0, 0.05) is 19.6 Å². The molecule has 0 aliphatic carbocycles. The van der Waals surface area contributed by atoms with Crippen LogP contribution < -0.4 is 10.7 Å². The minimum atomic E-state index is -4.50. The number of halogens is 3. The topological polar surface area (TPSA) is 77.0 Å². The molecule has 0 radical (unpaired) electrons. The molecule has 140 valence electrons. The monoisotopic (exact) mass is 368 g/mol. The first-order valence-electron chi connectivity index (χ1n) is 8.21. The summed E-state index contributed by atoms with van der Waals surface area (Å²) in [7, 11) is 0. The zero-order valence-corrected chi connectivity index (χ0v) is 13.9. The number of alkyl halides is 3. The van der Waals surface area contributed by atoms with Crippen LogP contribution in [0.5, 0.6) is 0 Å². The van der Waals surface area contributed by atoms with E-state index in [1.807, 2.05) is 11.0 Å². The largest absolute Gasteiger partial charge is 0.416 e. The number of nitrogens with zero attached hydrogens (tertiary/aromatic N) is 2. The third-order valence-electron chi connectivity index (χ3n) is 4.36.